The molecule has 1 aliphatic rings. The lowest BCUT2D eigenvalue weighted by Crippen LogP contribution is -2.40. The van der Waals surface area contributed by atoms with Crippen LogP contribution in [-0.2, 0) is 16.0 Å². The maximum atomic E-state index is 13.0. The molecule has 26 heavy (non-hydrogen) atoms. The first-order chi connectivity index (χ1) is 12.7. The van der Waals surface area contributed by atoms with Crippen LogP contribution in [0, 0.1) is 0 Å². The number of nitrogens with zero attached hydrogens (tertiary/aromatic N) is 3. The average molecular weight is 357 g/mol. The molecule has 0 aliphatic carbocycles. The van der Waals surface area contributed by atoms with Gasteiger partial charge in [-0.25, -0.2) is 0 Å². The third-order valence-corrected chi connectivity index (χ3v) is 5.08. The van der Waals surface area contributed by atoms with Crippen LogP contribution in [0.1, 0.15) is 55.3 Å². The topological polar surface area (TPSA) is 68.5 Å². The van der Waals surface area contributed by atoms with Gasteiger partial charge in [0, 0.05) is 32.5 Å². The van der Waals surface area contributed by atoms with E-state index in [0.29, 0.717) is 24.7 Å². The Morgan fingerprint density at radius 2 is 2.04 bits per heavy atom. The third kappa shape index (κ3) is 4.30. The number of aromatic nitrogens is 2. The zero-order chi connectivity index (χ0) is 18.4. The molecule has 1 aromatic carbocycles. The zero-order valence-corrected chi connectivity index (χ0v) is 15.6. The number of likely N-dealkylation sites (tertiary alicyclic amines) is 1. The highest BCUT2D eigenvalue weighted by Gasteiger charge is 2.30. The molecule has 6 nitrogen and oxygen atoms in total. The van der Waals surface area contributed by atoms with E-state index >= 15 is 0 Å². The van der Waals surface area contributed by atoms with Crippen molar-refractivity contribution in [1.29, 1.82) is 0 Å². The van der Waals surface area contributed by atoms with E-state index in [1.807, 2.05) is 35.2 Å². The van der Waals surface area contributed by atoms with E-state index in [9.17, 15) is 4.79 Å². The van der Waals surface area contributed by atoms with Gasteiger partial charge in [-0.05, 0) is 24.8 Å². The number of hydrogen-bond donors (Lipinski definition) is 0. The monoisotopic (exact) mass is 357 g/mol. The van der Waals surface area contributed by atoms with Gasteiger partial charge in [0.15, 0.2) is 5.82 Å². The Morgan fingerprint density at radius 1 is 1.31 bits per heavy atom. The van der Waals surface area contributed by atoms with E-state index in [0.717, 1.165) is 37.9 Å². The molecule has 0 N–H and O–H groups in total. The molecule has 0 unspecified atom stereocenters. The Bertz CT molecular complexity index is 693. The van der Waals surface area contributed by atoms with Crippen LogP contribution in [0.5, 0.6) is 0 Å². The maximum absolute atomic E-state index is 13.0. The highest BCUT2D eigenvalue weighted by atomic mass is 16.5. The van der Waals surface area contributed by atoms with Crippen LogP contribution in [0.4, 0.5) is 0 Å². The predicted molar refractivity (Wildman–Crippen MR) is 97.9 cm³/mol. The minimum atomic E-state index is -0.0585. The fourth-order valence-corrected chi connectivity index (χ4v) is 3.53. The first-order valence-electron chi connectivity index (χ1n) is 9.38. The Balaban J connectivity index is 1.57. The normalized spacial score (nSPS) is 16.6. The van der Waals surface area contributed by atoms with Crippen molar-refractivity contribution in [3.8, 4) is 0 Å². The standard InChI is InChI=1S/C20H27N3O3/c1-3-17(15-7-5-4-6-8-15)20(24)23-12-9-16(10-13-23)19-21-18(22-26-19)11-14-25-2/h4-8,16-17H,3,9-14H2,1-2H3/t17-/m1/s1. The van der Waals surface area contributed by atoms with Crippen LogP contribution in [0.2, 0.25) is 0 Å². The Morgan fingerprint density at radius 3 is 2.69 bits per heavy atom. The van der Waals surface area contributed by atoms with E-state index in [1.165, 1.54) is 0 Å². The number of methoxy groups -OCH3 is 1. The molecule has 2 aromatic rings. The number of hydrogen-bond acceptors (Lipinski definition) is 5. The van der Waals surface area contributed by atoms with Gasteiger partial charge in [0.2, 0.25) is 11.8 Å². The van der Waals surface area contributed by atoms with Gasteiger partial charge in [-0.2, -0.15) is 4.98 Å². The summed E-state index contributed by atoms with van der Waals surface area (Å²) in [6.45, 7) is 4.14. The molecular weight excluding hydrogens is 330 g/mol. The second-order valence-corrected chi connectivity index (χ2v) is 6.76. The molecule has 140 valence electrons. The number of rotatable bonds is 7. The largest absolute Gasteiger partial charge is 0.384 e. The zero-order valence-electron chi connectivity index (χ0n) is 15.6. The number of carbonyl (C=O) groups excluding carboxylic acids is 1. The molecule has 3 rings (SSSR count). The second kappa shape index (κ2) is 8.94. The lowest BCUT2D eigenvalue weighted by atomic mass is 9.92. The number of benzene rings is 1. The summed E-state index contributed by atoms with van der Waals surface area (Å²) in [4.78, 5) is 19.4. The summed E-state index contributed by atoms with van der Waals surface area (Å²) < 4.78 is 10.5. The van der Waals surface area contributed by atoms with Crippen molar-refractivity contribution in [2.45, 2.75) is 44.4 Å². The minimum absolute atomic E-state index is 0.0585. The van der Waals surface area contributed by atoms with Crippen LogP contribution in [0.3, 0.4) is 0 Å². The van der Waals surface area contributed by atoms with E-state index in [4.69, 9.17) is 9.26 Å². The smallest absolute Gasteiger partial charge is 0.230 e. The summed E-state index contributed by atoms with van der Waals surface area (Å²) in [5.74, 6) is 1.79. The number of carbonyl (C=O) groups is 1. The average Bonchev–Trinajstić information content (AvgIpc) is 3.17. The third-order valence-electron chi connectivity index (χ3n) is 5.08. The first-order valence-corrected chi connectivity index (χ1v) is 9.38. The summed E-state index contributed by atoms with van der Waals surface area (Å²) in [5.41, 5.74) is 1.10. The summed E-state index contributed by atoms with van der Waals surface area (Å²) in [6, 6.07) is 10.1. The molecule has 1 amide bonds. The van der Waals surface area contributed by atoms with E-state index < -0.39 is 0 Å². The lowest BCUT2D eigenvalue weighted by Gasteiger charge is -2.33. The van der Waals surface area contributed by atoms with Gasteiger partial charge in [-0.1, -0.05) is 42.4 Å². The lowest BCUT2D eigenvalue weighted by molar-refractivity contribution is -0.134. The van der Waals surface area contributed by atoms with Crippen molar-refractivity contribution in [2.75, 3.05) is 26.8 Å². The van der Waals surface area contributed by atoms with Gasteiger partial charge in [-0.15, -0.1) is 0 Å². The molecule has 1 fully saturated rings. The van der Waals surface area contributed by atoms with Gasteiger partial charge >= 0.3 is 0 Å². The van der Waals surface area contributed by atoms with Crippen molar-refractivity contribution >= 4 is 5.91 Å². The van der Waals surface area contributed by atoms with Crippen molar-refractivity contribution in [3.05, 3.63) is 47.6 Å². The molecule has 0 saturated carbocycles. The molecule has 1 saturated heterocycles. The Kier molecular flexibility index (Phi) is 6.39. The molecule has 1 atom stereocenters. The van der Waals surface area contributed by atoms with Crippen LogP contribution in [-0.4, -0.2) is 47.8 Å². The molecule has 1 aromatic heterocycles. The fourth-order valence-electron chi connectivity index (χ4n) is 3.53. The Hall–Kier alpha value is -2.21. The van der Waals surface area contributed by atoms with Crippen molar-refractivity contribution in [2.24, 2.45) is 0 Å². The van der Waals surface area contributed by atoms with Gasteiger partial charge in [0.1, 0.15) is 0 Å². The summed E-state index contributed by atoms with van der Waals surface area (Å²) in [5, 5.41) is 4.02. The number of amides is 1. The van der Waals surface area contributed by atoms with E-state index in [-0.39, 0.29) is 17.7 Å². The second-order valence-electron chi connectivity index (χ2n) is 6.76. The van der Waals surface area contributed by atoms with Crippen LogP contribution >= 0.6 is 0 Å². The van der Waals surface area contributed by atoms with Crippen molar-refractivity contribution in [1.82, 2.24) is 15.0 Å². The number of piperidine rings is 1. The molecular formula is C20H27N3O3. The van der Waals surface area contributed by atoms with Gasteiger partial charge < -0.3 is 14.2 Å². The highest BCUT2D eigenvalue weighted by molar-refractivity contribution is 5.83. The van der Waals surface area contributed by atoms with E-state index in [2.05, 4.69) is 17.1 Å². The highest BCUT2D eigenvalue weighted by Crippen LogP contribution is 2.30. The van der Waals surface area contributed by atoms with Gasteiger partial charge in [0.25, 0.3) is 0 Å². The quantitative estimate of drug-likeness (QED) is 0.761. The van der Waals surface area contributed by atoms with Crippen molar-refractivity contribution < 1.29 is 14.1 Å². The predicted octanol–water partition coefficient (Wildman–Crippen LogP) is 3.16. The molecule has 2 heterocycles. The molecule has 1 aliphatic heterocycles. The van der Waals surface area contributed by atoms with Crippen LogP contribution < -0.4 is 0 Å². The van der Waals surface area contributed by atoms with Gasteiger partial charge in [-0.3, -0.25) is 4.79 Å². The summed E-state index contributed by atoms with van der Waals surface area (Å²) in [6.07, 6.45) is 3.20. The maximum Gasteiger partial charge on any atom is 0.230 e. The minimum Gasteiger partial charge on any atom is -0.384 e. The fraction of sp³-hybridized carbons (Fsp3) is 0.550. The molecule has 0 spiro atoms. The molecule has 0 bridgehead atoms. The van der Waals surface area contributed by atoms with Gasteiger partial charge in [0.05, 0.1) is 12.5 Å². The SMILES string of the molecule is CC[C@@H](C(=O)N1CCC(c2nc(CCOC)no2)CC1)c1ccccc1. The molecule has 6 heteroatoms. The van der Waals surface area contributed by atoms with Crippen molar-refractivity contribution in [3.63, 3.8) is 0 Å². The van der Waals surface area contributed by atoms with Crippen LogP contribution in [0.25, 0.3) is 0 Å². The van der Waals surface area contributed by atoms with E-state index in [1.54, 1.807) is 7.11 Å². The number of ether oxygens (including phenoxy) is 1. The molecule has 0 radical (unpaired) electrons. The summed E-state index contributed by atoms with van der Waals surface area (Å²) in [7, 11) is 1.66. The summed E-state index contributed by atoms with van der Waals surface area (Å²) >= 11 is 0. The van der Waals surface area contributed by atoms with Crippen LogP contribution in [0.15, 0.2) is 34.9 Å². The first kappa shape index (κ1) is 18.6. The Labute approximate surface area is 154 Å².